The fourth-order valence-electron chi connectivity index (χ4n) is 3.65. The summed E-state index contributed by atoms with van der Waals surface area (Å²) in [4.78, 5) is 22.3. The molecule has 0 bridgehead atoms. The number of aromatic nitrogens is 2. The van der Waals surface area contributed by atoms with E-state index in [1.165, 1.54) is 17.8 Å². The highest BCUT2D eigenvalue weighted by Gasteiger charge is 2.28. The molecule has 6 heteroatoms. The third-order valence-corrected chi connectivity index (χ3v) is 5.14. The van der Waals surface area contributed by atoms with Crippen LogP contribution in [-0.2, 0) is 4.79 Å². The van der Waals surface area contributed by atoms with Crippen LogP contribution >= 0.6 is 0 Å². The van der Waals surface area contributed by atoms with Gasteiger partial charge in [0.25, 0.3) is 5.91 Å². The Kier molecular flexibility index (Phi) is 4.79. The monoisotopic (exact) mass is 367 g/mol. The molecule has 1 aromatic carbocycles. The number of nitrogens with zero attached hydrogens (tertiary/aromatic N) is 2. The first-order valence-electron chi connectivity index (χ1n) is 9.25. The van der Waals surface area contributed by atoms with E-state index in [1.54, 1.807) is 25.3 Å². The second-order valence-electron chi connectivity index (χ2n) is 6.95. The number of aromatic amines is 1. The Morgan fingerprint density at radius 3 is 2.78 bits per heavy atom. The third-order valence-electron chi connectivity index (χ3n) is 5.14. The number of carbonyl (C=O) groups is 1. The van der Waals surface area contributed by atoms with E-state index in [2.05, 4.69) is 16.0 Å². The van der Waals surface area contributed by atoms with E-state index in [4.69, 9.17) is 4.74 Å². The summed E-state index contributed by atoms with van der Waals surface area (Å²) in [6.07, 6.45) is 2.84. The first-order valence-corrected chi connectivity index (χ1v) is 9.25. The van der Waals surface area contributed by atoms with Gasteiger partial charge in [-0.25, -0.2) is 4.39 Å². The number of fused-ring (bicyclic) bond motifs is 1. The molecule has 1 N–H and O–H groups in total. The molecule has 0 aliphatic carbocycles. The van der Waals surface area contributed by atoms with Crippen LogP contribution < -0.4 is 4.74 Å². The Hall–Kier alpha value is -2.89. The Bertz CT molecular complexity index is 914. The zero-order valence-corrected chi connectivity index (χ0v) is 15.2. The number of halogens is 1. The van der Waals surface area contributed by atoms with Crippen molar-refractivity contribution in [1.29, 1.82) is 0 Å². The molecule has 27 heavy (non-hydrogen) atoms. The van der Waals surface area contributed by atoms with Crippen molar-refractivity contribution in [1.82, 2.24) is 14.9 Å². The second kappa shape index (κ2) is 7.39. The number of ether oxygens (including phenoxy) is 1. The smallest absolute Gasteiger partial charge is 0.263 e. The fraction of sp³-hybridized carbons (Fsp3) is 0.333. The summed E-state index contributed by atoms with van der Waals surface area (Å²) in [7, 11) is 0. The number of hydrogen-bond acceptors (Lipinski definition) is 3. The van der Waals surface area contributed by atoms with Crippen LogP contribution in [0, 0.1) is 5.82 Å². The Balaban J connectivity index is 1.36. The van der Waals surface area contributed by atoms with Gasteiger partial charge in [-0.05, 0) is 50.1 Å². The number of piperidine rings is 1. The summed E-state index contributed by atoms with van der Waals surface area (Å²) in [5, 5.41) is 0. The molecule has 1 saturated heterocycles. The predicted molar refractivity (Wildman–Crippen MR) is 101 cm³/mol. The zero-order valence-electron chi connectivity index (χ0n) is 15.2. The quantitative estimate of drug-likeness (QED) is 0.761. The van der Waals surface area contributed by atoms with E-state index in [9.17, 15) is 9.18 Å². The highest BCUT2D eigenvalue weighted by atomic mass is 19.1. The van der Waals surface area contributed by atoms with E-state index in [0.717, 1.165) is 23.9 Å². The third kappa shape index (κ3) is 3.65. The minimum Gasteiger partial charge on any atom is -0.478 e. The van der Waals surface area contributed by atoms with Gasteiger partial charge >= 0.3 is 0 Å². The Morgan fingerprint density at radius 1 is 1.26 bits per heavy atom. The number of likely N-dealkylation sites (tertiary alicyclic amines) is 1. The van der Waals surface area contributed by atoms with Crippen LogP contribution in [0.3, 0.4) is 0 Å². The molecule has 140 valence electrons. The lowest BCUT2D eigenvalue weighted by molar-refractivity contribution is -0.139. The summed E-state index contributed by atoms with van der Waals surface area (Å²) >= 11 is 0. The standard InChI is InChI=1S/C21H22FN3O2/c1-14(27-20-7-3-2-5-16(20)22)21(26)25-11-8-15(9-12-25)18-13-19-17(24-18)6-4-10-23-19/h2-7,10,13-15,24H,8-9,11-12H2,1H3/t14-/m0/s1. The maximum absolute atomic E-state index is 13.7. The van der Waals surface area contributed by atoms with Gasteiger partial charge in [-0.2, -0.15) is 0 Å². The lowest BCUT2D eigenvalue weighted by Gasteiger charge is -2.33. The number of H-pyrrole nitrogens is 1. The number of nitrogens with one attached hydrogen (secondary N) is 1. The van der Waals surface area contributed by atoms with Gasteiger partial charge in [-0.3, -0.25) is 9.78 Å². The first kappa shape index (κ1) is 17.5. The number of benzene rings is 1. The number of carbonyl (C=O) groups excluding carboxylic acids is 1. The number of hydrogen-bond donors (Lipinski definition) is 1. The average Bonchev–Trinajstić information content (AvgIpc) is 3.13. The maximum atomic E-state index is 13.7. The lowest BCUT2D eigenvalue weighted by atomic mass is 9.93. The lowest BCUT2D eigenvalue weighted by Crippen LogP contribution is -2.44. The van der Waals surface area contributed by atoms with Crippen molar-refractivity contribution in [2.75, 3.05) is 13.1 Å². The summed E-state index contributed by atoms with van der Waals surface area (Å²) in [6, 6.07) is 12.2. The van der Waals surface area contributed by atoms with E-state index in [-0.39, 0.29) is 11.7 Å². The van der Waals surface area contributed by atoms with Gasteiger partial charge in [0.1, 0.15) is 0 Å². The van der Waals surface area contributed by atoms with E-state index in [1.807, 2.05) is 17.0 Å². The van der Waals surface area contributed by atoms with E-state index >= 15 is 0 Å². The number of rotatable bonds is 4. The second-order valence-corrected chi connectivity index (χ2v) is 6.95. The normalized spacial score (nSPS) is 16.4. The molecule has 5 nitrogen and oxygen atoms in total. The largest absolute Gasteiger partial charge is 0.478 e. The van der Waals surface area contributed by atoms with Crippen molar-refractivity contribution >= 4 is 16.9 Å². The van der Waals surface area contributed by atoms with Gasteiger partial charge in [0.15, 0.2) is 17.7 Å². The Labute approximate surface area is 157 Å². The molecule has 2 aromatic heterocycles. The molecule has 3 aromatic rings. The van der Waals surface area contributed by atoms with Crippen molar-refractivity contribution in [3.63, 3.8) is 0 Å². The zero-order chi connectivity index (χ0) is 18.8. The van der Waals surface area contributed by atoms with Crippen LogP contribution in [0.1, 0.15) is 31.4 Å². The summed E-state index contributed by atoms with van der Waals surface area (Å²) in [5.41, 5.74) is 3.18. The molecule has 0 spiro atoms. The highest BCUT2D eigenvalue weighted by molar-refractivity contribution is 5.81. The van der Waals surface area contributed by atoms with Crippen molar-refractivity contribution in [2.24, 2.45) is 0 Å². The SMILES string of the molecule is C[C@H](Oc1ccccc1F)C(=O)N1CCC(c2cc3ncccc3[nH]2)CC1. The Morgan fingerprint density at radius 2 is 2.04 bits per heavy atom. The molecular weight excluding hydrogens is 345 g/mol. The molecule has 1 aliphatic rings. The van der Waals surface area contributed by atoms with Gasteiger partial charge in [0.2, 0.25) is 0 Å². The van der Waals surface area contributed by atoms with Gasteiger partial charge < -0.3 is 14.6 Å². The average molecular weight is 367 g/mol. The first-order chi connectivity index (χ1) is 13.1. The fourth-order valence-corrected chi connectivity index (χ4v) is 3.65. The van der Waals surface area contributed by atoms with Crippen molar-refractivity contribution in [3.8, 4) is 5.75 Å². The van der Waals surface area contributed by atoms with Crippen LogP contribution in [0.5, 0.6) is 5.75 Å². The van der Waals surface area contributed by atoms with Gasteiger partial charge in [0, 0.05) is 30.9 Å². The molecule has 4 rings (SSSR count). The highest BCUT2D eigenvalue weighted by Crippen LogP contribution is 2.30. The predicted octanol–water partition coefficient (Wildman–Crippen LogP) is 3.88. The molecule has 1 atom stereocenters. The molecule has 1 fully saturated rings. The topological polar surface area (TPSA) is 58.2 Å². The van der Waals surface area contributed by atoms with Crippen molar-refractivity contribution < 1.29 is 13.9 Å². The van der Waals surface area contributed by atoms with Crippen LogP contribution in [0.2, 0.25) is 0 Å². The van der Waals surface area contributed by atoms with Crippen molar-refractivity contribution in [2.45, 2.75) is 31.8 Å². The minimum atomic E-state index is -0.712. The minimum absolute atomic E-state index is 0.102. The number of amides is 1. The summed E-state index contributed by atoms with van der Waals surface area (Å²) in [6.45, 7) is 3.00. The van der Waals surface area contributed by atoms with Crippen LogP contribution in [0.4, 0.5) is 4.39 Å². The van der Waals surface area contributed by atoms with Crippen LogP contribution in [-0.4, -0.2) is 40.0 Å². The number of pyridine rings is 1. The van der Waals surface area contributed by atoms with E-state index < -0.39 is 11.9 Å². The van der Waals surface area contributed by atoms with Crippen LogP contribution in [0.25, 0.3) is 11.0 Å². The summed E-state index contributed by atoms with van der Waals surface area (Å²) in [5.74, 6) is -0.0665. The maximum Gasteiger partial charge on any atom is 0.263 e. The molecule has 0 unspecified atom stereocenters. The molecule has 3 heterocycles. The van der Waals surface area contributed by atoms with Crippen LogP contribution in [0.15, 0.2) is 48.7 Å². The molecule has 1 aliphatic heterocycles. The van der Waals surface area contributed by atoms with Gasteiger partial charge in [-0.1, -0.05) is 12.1 Å². The van der Waals surface area contributed by atoms with E-state index in [0.29, 0.717) is 19.0 Å². The molecule has 1 amide bonds. The van der Waals surface area contributed by atoms with Gasteiger partial charge in [-0.15, -0.1) is 0 Å². The summed E-state index contributed by atoms with van der Waals surface area (Å²) < 4.78 is 19.3. The van der Waals surface area contributed by atoms with Gasteiger partial charge in [0.05, 0.1) is 11.0 Å². The molecular formula is C21H22FN3O2. The van der Waals surface area contributed by atoms with Crippen molar-refractivity contribution in [3.05, 3.63) is 60.2 Å². The number of para-hydroxylation sites is 1. The molecule has 0 saturated carbocycles. The molecule has 0 radical (unpaired) electrons.